The van der Waals surface area contributed by atoms with Gasteiger partial charge in [-0.1, -0.05) is 92.1 Å². The van der Waals surface area contributed by atoms with E-state index < -0.39 is 10.0 Å². The number of hydrogen-bond donors (Lipinski definition) is 1. The zero-order chi connectivity index (χ0) is 24.0. The first-order chi connectivity index (χ1) is 16.5. The Hall–Kier alpha value is -2.96. The van der Waals surface area contributed by atoms with Gasteiger partial charge in [0.05, 0.1) is 5.69 Å². The molecule has 0 bridgehead atoms. The number of hydrogen-bond acceptors (Lipinski definition) is 3. The van der Waals surface area contributed by atoms with Crippen LogP contribution < -0.4 is 5.32 Å². The molecule has 1 fully saturated rings. The summed E-state index contributed by atoms with van der Waals surface area (Å²) < 4.78 is 28.4. The fourth-order valence-corrected chi connectivity index (χ4v) is 6.34. The maximum Gasteiger partial charge on any atom is 0.245 e. The topological polar surface area (TPSA) is 66.5 Å². The van der Waals surface area contributed by atoms with Gasteiger partial charge >= 0.3 is 0 Å². The van der Waals surface area contributed by atoms with Crippen LogP contribution in [0.2, 0.25) is 0 Å². The van der Waals surface area contributed by atoms with Crippen LogP contribution in [-0.2, 0) is 14.8 Å². The second-order valence-electron chi connectivity index (χ2n) is 8.94. The summed E-state index contributed by atoms with van der Waals surface area (Å²) >= 11 is 0. The van der Waals surface area contributed by atoms with E-state index in [-0.39, 0.29) is 29.2 Å². The van der Waals surface area contributed by atoms with Crippen molar-refractivity contribution in [1.29, 1.82) is 0 Å². The standard InChI is InChI=1S/C28H32N2O3S/c1-30(24-17-9-4-10-18-24)34(32,33)27-20-12-11-19-26(27)29-28(31)21-25(22-13-5-2-6-14-22)23-15-7-3-8-16-23/h2-3,5-8,11-16,19-20,24-25H,4,9-10,17-18,21H2,1H3,(H,29,31). The molecule has 1 aliphatic carbocycles. The zero-order valence-electron chi connectivity index (χ0n) is 19.6. The summed E-state index contributed by atoms with van der Waals surface area (Å²) in [5, 5.41) is 2.90. The molecule has 0 saturated heterocycles. The summed E-state index contributed by atoms with van der Waals surface area (Å²) in [6.07, 6.45) is 5.20. The van der Waals surface area contributed by atoms with Crippen LogP contribution in [0.15, 0.2) is 89.8 Å². The van der Waals surface area contributed by atoms with E-state index in [0.29, 0.717) is 5.69 Å². The summed E-state index contributed by atoms with van der Waals surface area (Å²) in [6, 6.07) is 26.5. The van der Waals surface area contributed by atoms with Crippen LogP contribution in [0.3, 0.4) is 0 Å². The number of para-hydroxylation sites is 1. The third kappa shape index (κ3) is 5.57. The highest BCUT2D eigenvalue weighted by Crippen LogP contribution is 2.31. The molecule has 1 N–H and O–H groups in total. The number of sulfonamides is 1. The number of anilines is 1. The van der Waals surface area contributed by atoms with Gasteiger partial charge in [0, 0.05) is 25.4 Å². The molecule has 1 aliphatic rings. The highest BCUT2D eigenvalue weighted by atomic mass is 32.2. The molecule has 4 rings (SSSR count). The van der Waals surface area contributed by atoms with E-state index in [9.17, 15) is 13.2 Å². The smallest absolute Gasteiger partial charge is 0.245 e. The first-order valence-electron chi connectivity index (χ1n) is 11.9. The molecule has 0 unspecified atom stereocenters. The maximum atomic E-state index is 13.5. The number of nitrogens with zero attached hydrogens (tertiary/aromatic N) is 1. The first-order valence-corrected chi connectivity index (χ1v) is 13.4. The normalized spacial score (nSPS) is 14.9. The highest BCUT2D eigenvalue weighted by Gasteiger charge is 2.31. The Bertz CT molecular complexity index is 1150. The van der Waals surface area contributed by atoms with E-state index in [4.69, 9.17) is 0 Å². The molecule has 0 aliphatic heterocycles. The Kier molecular flexibility index (Phi) is 7.80. The molecule has 3 aromatic carbocycles. The van der Waals surface area contributed by atoms with Gasteiger partial charge < -0.3 is 5.32 Å². The summed E-state index contributed by atoms with van der Waals surface area (Å²) in [7, 11) is -2.07. The Morgan fingerprint density at radius 2 is 1.38 bits per heavy atom. The fraction of sp³-hybridized carbons (Fsp3) is 0.321. The maximum absolute atomic E-state index is 13.5. The Morgan fingerprint density at radius 1 is 0.853 bits per heavy atom. The second kappa shape index (κ2) is 11.0. The number of carbonyl (C=O) groups excluding carboxylic acids is 1. The van der Waals surface area contributed by atoms with Crippen molar-refractivity contribution in [2.45, 2.75) is 55.4 Å². The lowest BCUT2D eigenvalue weighted by Gasteiger charge is -2.31. The molecule has 0 aromatic heterocycles. The van der Waals surface area contributed by atoms with Crippen LogP contribution in [0.5, 0.6) is 0 Å². The van der Waals surface area contributed by atoms with E-state index in [1.165, 1.54) is 4.31 Å². The summed E-state index contributed by atoms with van der Waals surface area (Å²) in [6.45, 7) is 0. The zero-order valence-corrected chi connectivity index (χ0v) is 20.4. The van der Waals surface area contributed by atoms with Crippen LogP contribution in [0.1, 0.15) is 55.6 Å². The van der Waals surface area contributed by atoms with Crippen molar-refractivity contribution in [2.24, 2.45) is 0 Å². The van der Waals surface area contributed by atoms with Crippen molar-refractivity contribution in [3.63, 3.8) is 0 Å². The van der Waals surface area contributed by atoms with Crippen molar-refractivity contribution in [3.05, 3.63) is 96.1 Å². The van der Waals surface area contributed by atoms with Gasteiger partial charge in [-0.25, -0.2) is 8.42 Å². The molecular formula is C28H32N2O3S. The summed E-state index contributed by atoms with van der Waals surface area (Å²) in [4.78, 5) is 13.3. The van der Waals surface area contributed by atoms with Gasteiger partial charge in [-0.05, 0) is 36.1 Å². The molecule has 34 heavy (non-hydrogen) atoms. The Labute approximate surface area is 202 Å². The van der Waals surface area contributed by atoms with E-state index in [1.54, 1.807) is 31.3 Å². The lowest BCUT2D eigenvalue weighted by Crippen LogP contribution is -2.38. The van der Waals surface area contributed by atoms with Crippen LogP contribution in [0.4, 0.5) is 5.69 Å². The molecule has 0 heterocycles. The second-order valence-corrected chi connectivity index (χ2v) is 10.9. The monoisotopic (exact) mass is 476 g/mol. The van der Waals surface area contributed by atoms with Gasteiger partial charge in [0.1, 0.15) is 4.90 Å². The lowest BCUT2D eigenvalue weighted by atomic mass is 9.88. The van der Waals surface area contributed by atoms with Crippen LogP contribution in [0.25, 0.3) is 0 Å². The predicted octanol–water partition coefficient (Wildman–Crippen LogP) is 5.80. The van der Waals surface area contributed by atoms with Gasteiger partial charge in [-0.3, -0.25) is 4.79 Å². The summed E-state index contributed by atoms with van der Waals surface area (Å²) in [5.74, 6) is -0.350. The van der Waals surface area contributed by atoms with Crippen LogP contribution >= 0.6 is 0 Å². The van der Waals surface area contributed by atoms with Gasteiger partial charge in [-0.2, -0.15) is 4.31 Å². The van der Waals surface area contributed by atoms with Crippen LogP contribution in [0, 0.1) is 0 Å². The molecule has 0 atom stereocenters. The summed E-state index contributed by atoms with van der Waals surface area (Å²) in [5.41, 5.74) is 2.42. The van der Waals surface area contributed by atoms with Crippen molar-refractivity contribution in [3.8, 4) is 0 Å². The van der Waals surface area contributed by atoms with Crippen LogP contribution in [-0.4, -0.2) is 31.7 Å². The van der Waals surface area contributed by atoms with Gasteiger partial charge in [0.2, 0.25) is 15.9 Å². The molecule has 3 aromatic rings. The largest absolute Gasteiger partial charge is 0.325 e. The third-order valence-corrected chi connectivity index (χ3v) is 8.67. The number of benzene rings is 3. The minimum absolute atomic E-state index is 0.00282. The van der Waals surface area contributed by atoms with E-state index >= 15 is 0 Å². The third-order valence-electron chi connectivity index (χ3n) is 6.70. The molecule has 6 heteroatoms. The molecule has 0 spiro atoms. The number of rotatable bonds is 8. The molecule has 178 valence electrons. The number of carbonyl (C=O) groups is 1. The average molecular weight is 477 g/mol. The minimum atomic E-state index is -3.73. The van der Waals surface area contributed by atoms with E-state index in [1.807, 2.05) is 60.7 Å². The molecule has 1 amide bonds. The van der Waals surface area contributed by atoms with Gasteiger partial charge in [-0.15, -0.1) is 0 Å². The molecule has 0 radical (unpaired) electrons. The number of nitrogens with one attached hydrogen (secondary N) is 1. The van der Waals surface area contributed by atoms with Crippen molar-refractivity contribution >= 4 is 21.6 Å². The van der Waals surface area contributed by atoms with E-state index in [0.717, 1.165) is 43.2 Å². The average Bonchev–Trinajstić information content (AvgIpc) is 2.88. The predicted molar refractivity (Wildman–Crippen MR) is 136 cm³/mol. The Morgan fingerprint density at radius 3 is 1.97 bits per heavy atom. The molecule has 1 saturated carbocycles. The van der Waals surface area contributed by atoms with Gasteiger partial charge in [0.15, 0.2) is 0 Å². The van der Waals surface area contributed by atoms with Crippen molar-refractivity contribution in [1.82, 2.24) is 4.31 Å². The SMILES string of the molecule is CN(C1CCCCC1)S(=O)(=O)c1ccccc1NC(=O)CC(c1ccccc1)c1ccccc1. The number of amides is 1. The van der Waals surface area contributed by atoms with Crippen molar-refractivity contribution in [2.75, 3.05) is 12.4 Å². The quantitative estimate of drug-likeness (QED) is 0.447. The first kappa shape index (κ1) is 24.2. The lowest BCUT2D eigenvalue weighted by molar-refractivity contribution is -0.116. The van der Waals surface area contributed by atoms with E-state index in [2.05, 4.69) is 5.32 Å². The highest BCUT2D eigenvalue weighted by molar-refractivity contribution is 7.89. The van der Waals surface area contributed by atoms with Crippen molar-refractivity contribution < 1.29 is 13.2 Å². The van der Waals surface area contributed by atoms with Gasteiger partial charge in [0.25, 0.3) is 0 Å². The molecule has 5 nitrogen and oxygen atoms in total. The minimum Gasteiger partial charge on any atom is -0.325 e. The molecular weight excluding hydrogens is 444 g/mol. The fourth-order valence-electron chi connectivity index (χ4n) is 4.78. The Balaban J connectivity index is 1.56.